The van der Waals surface area contributed by atoms with E-state index in [0.717, 1.165) is 10.6 Å². The lowest BCUT2D eigenvalue weighted by molar-refractivity contribution is 0.0962. The number of amides is 1. The second-order valence-corrected chi connectivity index (χ2v) is 7.73. The summed E-state index contributed by atoms with van der Waals surface area (Å²) in [5.41, 5.74) is 1.41. The summed E-state index contributed by atoms with van der Waals surface area (Å²) in [6.45, 7) is 1.89. The predicted molar refractivity (Wildman–Crippen MR) is 89.9 cm³/mol. The number of fused-ring (bicyclic) bond motifs is 1. The molecule has 0 bridgehead atoms. The van der Waals surface area contributed by atoms with Gasteiger partial charge in [0.15, 0.2) is 0 Å². The summed E-state index contributed by atoms with van der Waals surface area (Å²) in [5, 5.41) is 3.24. The minimum Gasteiger partial charge on any atom is -0.460 e. The fourth-order valence-electron chi connectivity index (χ4n) is 2.20. The third kappa shape index (κ3) is 2.85. The number of hydrogen-bond acceptors (Lipinski definition) is 4. The molecular formula is C14H17BrN2O4S. The first kappa shape index (κ1) is 16.8. The van der Waals surface area contributed by atoms with Crippen molar-refractivity contribution in [1.29, 1.82) is 0 Å². The van der Waals surface area contributed by atoms with Crippen molar-refractivity contribution >= 4 is 48.5 Å². The quantitative estimate of drug-likeness (QED) is 0.872. The number of anilines is 1. The van der Waals surface area contributed by atoms with E-state index >= 15 is 0 Å². The van der Waals surface area contributed by atoms with Gasteiger partial charge in [-0.3, -0.25) is 9.10 Å². The number of furan rings is 1. The van der Waals surface area contributed by atoms with E-state index in [1.54, 1.807) is 19.2 Å². The van der Waals surface area contributed by atoms with Crippen LogP contribution in [0.15, 0.2) is 21.0 Å². The van der Waals surface area contributed by atoms with Gasteiger partial charge in [-0.1, -0.05) is 6.92 Å². The topological polar surface area (TPSA) is 79.6 Å². The Morgan fingerprint density at radius 1 is 1.41 bits per heavy atom. The number of benzene rings is 1. The van der Waals surface area contributed by atoms with Crippen LogP contribution in [0, 0.1) is 0 Å². The summed E-state index contributed by atoms with van der Waals surface area (Å²) < 4.78 is 30.9. The average Bonchev–Trinajstić information content (AvgIpc) is 2.81. The summed E-state index contributed by atoms with van der Waals surface area (Å²) >= 11 is 3.37. The summed E-state index contributed by atoms with van der Waals surface area (Å²) in [4.78, 5) is 12.1. The van der Waals surface area contributed by atoms with E-state index < -0.39 is 10.0 Å². The molecule has 1 heterocycles. The molecule has 8 heteroatoms. The van der Waals surface area contributed by atoms with E-state index in [2.05, 4.69) is 21.2 Å². The summed E-state index contributed by atoms with van der Waals surface area (Å²) in [6, 6.07) is 3.33. The number of aryl methyl sites for hydroxylation is 1. The SMILES string of the molecule is CCc1oc2cc(N(C)S(C)(=O)=O)c(Br)cc2c1C(=O)NC. The van der Waals surface area contributed by atoms with Crippen LogP contribution in [0.25, 0.3) is 11.0 Å². The zero-order valence-corrected chi connectivity index (χ0v) is 15.1. The molecule has 0 atom stereocenters. The molecule has 0 aliphatic heterocycles. The molecule has 120 valence electrons. The number of nitrogens with zero attached hydrogens (tertiary/aromatic N) is 1. The third-order valence-electron chi connectivity index (χ3n) is 3.44. The molecule has 1 aromatic carbocycles. The zero-order valence-electron chi connectivity index (χ0n) is 12.7. The molecule has 22 heavy (non-hydrogen) atoms. The van der Waals surface area contributed by atoms with Crippen LogP contribution in [0.3, 0.4) is 0 Å². The van der Waals surface area contributed by atoms with Crippen LogP contribution >= 0.6 is 15.9 Å². The van der Waals surface area contributed by atoms with E-state index in [1.807, 2.05) is 6.92 Å². The molecule has 2 rings (SSSR count). The maximum absolute atomic E-state index is 12.1. The highest BCUT2D eigenvalue weighted by atomic mass is 79.9. The van der Waals surface area contributed by atoms with E-state index in [1.165, 1.54) is 7.05 Å². The standard InChI is InChI=1S/C14H17BrN2O4S/c1-5-11-13(14(18)16-2)8-6-9(15)10(7-12(8)21-11)17(3)22(4,19)20/h6-7H,5H2,1-4H3,(H,16,18). The molecule has 0 spiro atoms. The molecule has 1 N–H and O–H groups in total. The van der Waals surface area contributed by atoms with Gasteiger partial charge in [0.05, 0.1) is 17.5 Å². The average molecular weight is 389 g/mol. The lowest BCUT2D eigenvalue weighted by Crippen LogP contribution is -2.25. The minimum absolute atomic E-state index is 0.230. The van der Waals surface area contributed by atoms with Gasteiger partial charge in [0.2, 0.25) is 10.0 Å². The highest BCUT2D eigenvalue weighted by molar-refractivity contribution is 9.10. The van der Waals surface area contributed by atoms with Gasteiger partial charge < -0.3 is 9.73 Å². The van der Waals surface area contributed by atoms with Crippen molar-refractivity contribution in [1.82, 2.24) is 5.32 Å². The van der Waals surface area contributed by atoms with Gasteiger partial charge in [0.1, 0.15) is 11.3 Å². The lowest BCUT2D eigenvalue weighted by Gasteiger charge is -2.18. The molecule has 1 aromatic heterocycles. The van der Waals surface area contributed by atoms with E-state index in [0.29, 0.717) is 38.9 Å². The Hall–Kier alpha value is -1.54. The monoisotopic (exact) mass is 388 g/mol. The van der Waals surface area contributed by atoms with Crippen molar-refractivity contribution in [3.05, 3.63) is 27.9 Å². The number of rotatable bonds is 4. The molecule has 0 fully saturated rings. The van der Waals surface area contributed by atoms with Crippen LogP contribution in [0.5, 0.6) is 0 Å². The highest BCUT2D eigenvalue weighted by Crippen LogP contribution is 2.36. The van der Waals surface area contributed by atoms with Crippen molar-refractivity contribution < 1.29 is 17.6 Å². The fraction of sp³-hybridized carbons (Fsp3) is 0.357. The van der Waals surface area contributed by atoms with Crippen molar-refractivity contribution in [3.8, 4) is 0 Å². The molecule has 0 unspecified atom stereocenters. The maximum Gasteiger partial charge on any atom is 0.255 e. The fourth-order valence-corrected chi connectivity index (χ4v) is 3.43. The van der Waals surface area contributed by atoms with E-state index in [4.69, 9.17) is 4.42 Å². The molecular weight excluding hydrogens is 372 g/mol. The normalized spacial score (nSPS) is 11.7. The Kier molecular flexibility index (Phi) is 4.53. The van der Waals surface area contributed by atoms with Gasteiger partial charge in [-0.25, -0.2) is 8.42 Å². The number of carbonyl (C=O) groups is 1. The molecule has 0 saturated carbocycles. The first-order valence-electron chi connectivity index (χ1n) is 6.61. The van der Waals surface area contributed by atoms with Crippen molar-refractivity contribution in [3.63, 3.8) is 0 Å². The lowest BCUT2D eigenvalue weighted by atomic mass is 10.1. The number of halogens is 1. The molecule has 2 aromatic rings. The molecule has 6 nitrogen and oxygen atoms in total. The molecule has 0 aliphatic carbocycles. The first-order chi connectivity index (χ1) is 10.2. The second-order valence-electron chi connectivity index (χ2n) is 4.86. The summed E-state index contributed by atoms with van der Waals surface area (Å²) in [7, 11) is -0.375. The van der Waals surface area contributed by atoms with Crippen LogP contribution < -0.4 is 9.62 Å². The van der Waals surface area contributed by atoms with E-state index in [-0.39, 0.29) is 5.91 Å². The Bertz CT molecular complexity index is 842. The van der Waals surface area contributed by atoms with Crippen molar-refractivity contribution in [2.75, 3.05) is 24.7 Å². The Balaban J connectivity index is 2.74. The van der Waals surface area contributed by atoms with Crippen molar-refractivity contribution in [2.45, 2.75) is 13.3 Å². The van der Waals surface area contributed by atoms with Gasteiger partial charge in [0.25, 0.3) is 5.91 Å². The molecule has 0 radical (unpaired) electrons. The molecule has 0 aliphatic rings. The number of carbonyl (C=O) groups excluding carboxylic acids is 1. The van der Waals surface area contributed by atoms with Crippen LogP contribution in [-0.4, -0.2) is 34.7 Å². The largest absolute Gasteiger partial charge is 0.460 e. The van der Waals surface area contributed by atoms with Gasteiger partial charge in [-0.2, -0.15) is 0 Å². The van der Waals surface area contributed by atoms with Gasteiger partial charge in [0, 0.05) is 36.4 Å². The molecule has 0 saturated heterocycles. The van der Waals surface area contributed by atoms with Crippen LogP contribution in [0.4, 0.5) is 5.69 Å². The first-order valence-corrected chi connectivity index (χ1v) is 9.25. The number of sulfonamides is 1. The van der Waals surface area contributed by atoms with E-state index in [9.17, 15) is 13.2 Å². The Morgan fingerprint density at radius 2 is 2.05 bits per heavy atom. The Morgan fingerprint density at radius 3 is 2.55 bits per heavy atom. The van der Waals surface area contributed by atoms with Crippen LogP contribution in [-0.2, 0) is 16.4 Å². The minimum atomic E-state index is -3.39. The third-order valence-corrected chi connectivity index (χ3v) is 5.27. The van der Waals surface area contributed by atoms with Gasteiger partial charge in [-0.05, 0) is 22.0 Å². The van der Waals surface area contributed by atoms with Crippen LogP contribution in [0.2, 0.25) is 0 Å². The second kappa shape index (κ2) is 5.92. The van der Waals surface area contributed by atoms with Gasteiger partial charge in [-0.15, -0.1) is 0 Å². The number of nitrogens with one attached hydrogen (secondary N) is 1. The Labute approximate surface area is 137 Å². The van der Waals surface area contributed by atoms with Crippen LogP contribution in [0.1, 0.15) is 23.0 Å². The maximum atomic E-state index is 12.1. The summed E-state index contributed by atoms with van der Waals surface area (Å²) in [6.07, 6.45) is 1.69. The predicted octanol–water partition coefficient (Wildman–Crippen LogP) is 2.51. The smallest absolute Gasteiger partial charge is 0.255 e. The molecule has 1 amide bonds. The number of hydrogen-bond donors (Lipinski definition) is 1. The van der Waals surface area contributed by atoms with Gasteiger partial charge >= 0.3 is 0 Å². The highest BCUT2D eigenvalue weighted by Gasteiger charge is 2.22. The zero-order chi connectivity index (χ0) is 16.7. The summed E-state index contributed by atoms with van der Waals surface area (Å²) in [5.74, 6) is 0.340. The van der Waals surface area contributed by atoms with Crippen molar-refractivity contribution in [2.24, 2.45) is 0 Å².